The molecule has 0 aliphatic rings. The third-order valence-electron chi connectivity index (χ3n) is 4.11. The number of aromatic nitrogens is 2. The number of benzene rings is 2. The van der Waals surface area contributed by atoms with Crippen molar-refractivity contribution < 1.29 is 8.95 Å². The second-order valence-electron chi connectivity index (χ2n) is 6.72. The zero-order valence-corrected chi connectivity index (χ0v) is 18.1. The van der Waals surface area contributed by atoms with Crippen molar-refractivity contribution in [2.75, 3.05) is 44.9 Å². The Morgan fingerprint density at radius 2 is 1.67 bits per heavy atom. The Hall–Kier alpha value is -3.01. The van der Waals surface area contributed by atoms with Crippen LogP contribution in [-0.2, 0) is 11.0 Å². The van der Waals surface area contributed by atoms with E-state index in [4.69, 9.17) is 4.74 Å². The van der Waals surface area contributed by atoms with Crippen molar-refractivity contribution in [2.24, 2.45) is 0 Å². The lowest BCUT2D eigenvalue weighted by atomic mass is 10.3. The van der Waals surface area contributed by atoms with E-state index in [9.17, 15) is 4.21 Å². The molecule has 2 aromatic carbocycles. The van der Waals surface area contributed by atoms with Crippen LogP contribution in [0, 0.1) is 0 Å². The molecule has 0 saturated carbocycles. The predicted octanol–water partition coefficient (Wildman–Crippen LogP) is 3.15. The summed E-state index contributed by atoms with van der Waals surface area (Å²) in [4.78, 5) is 11.3. The maximum Gasteiger partial charge on any atom is 0.135 e. The molecule has 0 aliphatic heterocycles. The Morgan fingerprint density at radius 3 is 2.33 bits per heavy atom. The first kappa shape index (κ1) is 21.7. The van der Waals surface area contributed by atoms with E-state index in [2.05, 4.69) is 30.2 Å². The normalized spacial score (nSPS) is 11.9. The summed E-state index contributed by atoms with van der Waals surface area (Å²) in [5, 5.41) is 6.47. The minimum absolute atomic E-state index is 0.628. The summed E-state index contributed by atoms with van der Waals surface area (Å²) in [6.45, 7) is 1.51. The molecule has 0 radical (unpaired) electrons. The van der Waals surface area contributed by atoms with Crippen molar-refractivity contribution in [1.82, 2.24) is 19.6 Å². The zero-order chi connectivity index (χ0) is 21.3. The van der Waals surface area contributed by atoms with Crippen LogP contribution >= 0.6 is 0 Å². The lowest BCUT2D eigenvalue weighted by Gasteiger charge is -2.12. The van der Waals surface area contributed by atoms with Crippen LogP contribution < -0.4 is 20.1 Å². The summed E-state index contributed by atoms with van der Waals surface area (Å²) in [7, 11) is 4.44. The maximum atomic E-state index is 11.9. The van der Waals surface area contributed by atoms with Gasteiger partial charge in [0.1, 0.15) is 41.3 Å². The van der Waals surface area contributed by atoms with Crippen molar-refractivity contribution in [3.63, 3.8) is 0 Å². The van der Waals surface area contributed by atoms with Crippen LogP contribution in [0.15, 0.2) is 65.8 Å². The molecule has 0 spiro atoms. The van der Waals surface area contributed by atoms with Gasteiger partial charge in [0.2, 0.25) is 0 Å². The molecule has 0 bridgehead atoms. The topological polar surface area (TPSA) is 91.4 Å². The molecule has 30 heavy (non-hydrogen) atoms. The molecule has 3 N–H and O–H groups in total. The summed E-state index contributed by atoms with van der Waals surface area (Å²) in [5.41, 5.74) is 1.69. The molecule has 3 rings (SSSR count). The van der Waals surface area contributed by atoms with E-state index in [1.165, 1.54) is 6.33 Å². The zero-order valence-electron chi connectivity index (χ0n) is 17.3. The molecular formula is C21H26N6O2S. The average molecular weight is 427 g/mol. The van der Waals surface area contributed by atoms with Crippen molar-refractivity contribution in [2.45, 2.75) is 4.90 Å². The van der Waals surface area contributed by atoms with Crippen LogP contribution in [0.25, 0.3) is 0 Å². The second kappa shape index (κ2) is 10.7. The molecule has 1 heterocycles. The highest BCUT2D eigenvalue weighted by atomic mass is 32.2. The van der Waals surface area contributed by atoms with Crippen molar-refractivity contribution in [1.29, 1.82) is 0 Å². The molecule has 3 aromatic rings. The van der Waals surface area contributed by atoms with Crippen LogP contribution in [0.2, 0.25) is 0 Å². The van der Waals surface area contributed by atoms with E-state index in [0.717, 1.165) is 23.7 Å². The number of nitrogens with zero attached hydrogens (tertiary/aromatic N) is 3. The lowest BCUT2D eigenvalue weighted by Crippen LogP contribution is -2.19. The molecule has 1 aromatic heterocycles. The maximum absolute atomic E-state index is 11.9. The summed E-state index contributed by atoms with van der Waals surface area (Å²) in [6.07, 6.45) is 1.49. The van der Waals surface area contributed by atoms with Gasteiger partial charge in [-0.2, -0.15) is 0 Å². The summed E-state index contributed by atoms with van der Waals surface area (Å²) in [5.74, 6) is 2.11. The van der Waals surface area contributed by atoms with Gasteiger partial charge in [0.05, 0.1) is 4.90 Å². The van der Waals surface area contributed by atoms with Gasteiger partial charge in [0, 0.05) is 24.0 Å². The minimum Gasteiger partial charge on any atom is -0.492 e. The second-order valence-corrected chi connectivity index (χ2v) is 8.13. The van der Waals surface area contributed by atoms with Gasteiger partial charge in [-0.15, -0.1) is 0 Å². The molecule has 0 amide bonds. The Morgan fingerprint density at radius 1 is 0.967 bits per heavy atom. The molecule has 1 unspecified atom stereocenters. The number of hydrogen-bond donors (Lipinski definition) is 3. The smallest absolute Gasteiger partial charge is 0.135 e. The van der Waals surface area contributed by atoms with Crippen molar-refractivity contribution in [3.8, 4) is 5.75 Å². The van der Waals surface area contributed by atoms with Gasteiger partial charge in [-0.3, -0.25) is 0 Å². The van der Waals surface area contributed by atoms with Gasteiger partial charge < -0.3 is 20.3 Å². The molecule has 0 fully saturated rings. The first-order valence-corrected chi connectivity index (χ1v) is 10.6. The van der Waals surface area contributed by atoms with Crippen LogP contribution in [0.1, 0.15) is 0 Å². The SMILES string of the molecule is CNS(=O)c1cccc(Nc2cc(Nc3ccc(OCCN(C)C)cc3)ncn2)c1. The Bertz CT molecular complexity index is 981. The van der Waals surface area contributed by atoms with E-state index < -0.39 is 11.0 Å². The number of hydrogen-bond acceptors (Lipinski definition) is 7. The predicted molar refractivity (Wildman–Crippen MR) is 121 cm³/mol. The molecule has 8 nitrogen and oxygen atoms in total. The van der Waals surface area contributed by atoms with E-state index in [0.29, 0.717) is 23.1 Å². The van der Waals surface area contributed by atoms with Gasteiger partial charge >= 0.3 is 0 Å². The van der Waals surface area contributed by atoms with Gasteiger partial charge in [-0.05, 0) is 63.6 Å². The number of likely N-dealkylation sites (N-methyl/N-ethyl adjacent to an activating group) is 1. The highest BCUT2D eigenvalue weighted by molar-refractivity contribution is 7.83. The highest BCUT2D eigenvalue weighted by Crippen LogP contribution is 2.22. The summed E-state index contributed by atoms with van der Waals surface area (Å²) in [6, 6.07) is 16.9. The fourth-order valence-electron chi connectivity index (χ4n) is 2.58. The third kappa shape index (κ3) is 6.51. The van der Waals surface area contributed by atoms with Crippen molar-refractivity contribution >= 4 is 34.0 Å². The molecule has 0 saturated heterocycles. The number of rotatable bonds is 10. The van der Waals surface area contributed by atoms with Gasteiger partial charge in [0.15, 0.2) is 0 Å². The Kier molecular flexibility index (Phi) is 7.72. The number of ether oxygens (including phenoxy) is 1. The first-order valence-electron chi connectivity index (χ1n) is 9.46. The number of nitrogens with one attached hydrogen (secondary N) is 3. The molecule has 1 atom stereocenters. The monoisotopic (exact) mass is 426 g/mol. The standard InChI is InChI=1S/C21H26N6O2S/c1-22-30(28)19-6-4-5-17(13-19)26-21-14-20(23-15-24-21)25-16-7-9-18(10-8-16)29-12-11-27(2)3/h4-10,13-15,22H,11-12H2,1-3H3,(H2,23,24,25,26). The van der Waals surface area contributed by atoms with Gasteiger partial charge in [0.25, 0.3) is 0 Å². The molecular weight excluding hydrogens is 400 g/mol. The Labute approximate surface area is 179 Å². The fraction of sp³-hybridized carbons (Fsp3) is 0.238. The van der Waals surface area contributed by atoms with E-state index >= 15 is 0 Å². The largest absolute Gasteiger partial charge is 0.492 e. The minimum atomic E-state index is -1.24. The van der Waals surface area contributed by atoms with Crippen LogP contribution in [0.5, 0.6) is 5.75 Å². The summed E-state index contributed by atoms with van der Waals surface area (Å²) < 4.78 is 20.4. The van der Waals surface area contributed by atoms with Crippen molar-refractivity contribution in [3.05, 3.63) is 60.9 Å². The van der Waals surface area contributed by atoms with Crippen LogP contribution in [0.3, 0.4) is 0 Å². The molecule has 9 heteroatoms. The van der Waals surface area contributed by atoms with Crippen LogP contribution in [-0.4, -0.2) is 53.4 Å². The Balaban J connectivity index is 1.62. The molecule has 0 aliphatic carbocycles. The van der Waals surface area contributed by atoms with Crippen LogP contribution in [0.4, 0.5) is 23.0 Å². The summed E-state index contributed by atoms with van der Waals surface area (Å²) >= 11 is 0. The average Bonchev–Trinajstić information content (AvgIpc) is 2.74. The first-order chi connectivity index (χ1) is 14.5. The lowest BCUT2D eigenvalue weighted by molar-refractivity contribution is 0.261. The van der Waals surface area contributed by atoms with Gasteiger partial charge in [-0.1, -0.05) is 6.07 Å². The number of anilines is 4. The van der Waals surface area contributed by atoms with E-state index in [-0.39, 0.29) is 0 Å². The quantitative estimate of drug-likeness (QED) is 0.459. The highest BCUT2D eigenvalue weighted by Gasteiger charge is 2.05. The fourth-order valence-corrected chi connectivity index (χ4v) is 3.25. The third-order valence-corrected chi connectivity index (χ3v) is 5.16. The van der Waals surface area contributed by atoms with E-state index in [1.54, 1.807) is 13.1 Å². The van der Waals surface area contributed by atoms with Gasteiger partial charge in [-0.25, -0.2) is 18.9 Å². The molecule has 158 valence electrons. The van der Waals surface area contributed by atoms with E-state index in [1.807, 2.05) is 62.6 Å².